The number of amidine groups is 1. The fourth-order valence-corrected chi connectivity index (χ4v) is 4.43. The number of rotatable bonds is 3. The van der Waals surface area contributed by atoms with Gasteiger partial charge in [0.1, 0.15) is 16.6 Å². The van der Waals surface area contributed by atoms with Crippen LogP contribution in [0.2, 0.25) is 10.0 Å². The van der Waals surface area contributed by atoms with Gasteiger partial charge in [0.05, 0.1) is 33.5 Å². The van der Waals surface area contributed by atoms with Gasteiger partial charge >= 0.3 is 0 Å². The zero-order valence-corrected chi connectivity index (χ0v) is 17.6. The predicted molar refractivity (Wildman–Crippen MR) is 118 cm³/mol. The fourth-order valence-electron chi connectivity index (χ4n) is 3.13. The van der Waals surface area contributed by atoms with Gasteiger partial charge in [0.2, 0.25) is 0 Å². The fraction of sp³-hybridized carbons (Fsp3) is 0.143. The molecule has 0 atom stereocenters. The van der Waals surface area contributed by atoms with Crippen molar-refractivity contribution < 1.29 is 5.11 Å². The number of halogens is 2. The standard InChI is InChI=1S/C21H17Cl2N3OS/c1-11-6-7-13(8-12(11)2)15-10-28-21(25-15)18-17(27)9-26(20(18)24)16-5-3-4-14(22)19(16)23/h3-8,10,24,27H,9H2,1-2H3. The zero-order chi connectivity index (χ0) is 20.0. The lowest BCUT2D eigenvalue weighted by atomic mass is 10.1. The summed E-state index contributed by atoms with van der Waals surface area (Å²) in [5, 5.41) is 22.5. The van der Waals surface area contributed by atoms with Crippen molar-refractivity contribution in [3.63, 3.8) is 0 Å². The number of hydrogen-bond donors (Lipinski definition) is 2. The molecule has 28 heavy (non-hydrogen) atoms. The Hall–Kier alpha value is -2.34. The second-order valence-corrected chi connectivity index (χ2v) is 8.31. The second kappa shape index (κ2) is 7.24. The summed E-state index contributed by atoms with van der Waals surface area (Å²) in [4.78, 5) is 6.31. The van der Waals surface area contributed by atoms with Gasteiger partial charge in [-0.05, 0) is 43.2 Å². The minimum absolute atomic E-state index is 0.0991. The lowest BCUT2D eigenvalue weighted by Crippen LogP contribution is -2.26. The van der Waals surface area contributed by atoms with E-state index in [4.69, 9.17) is 28.6 Å². The van der Waals surface area contributed by atoms with Crippen molar-refractivity contribution in [2.75, 3.05) is 11.4 Å². The molecule has 3 aromatic rings. The lowest BCUT2D eigenvalue weighted by Gasteiger charge is -2.20. The summed E-state index contributed by atoms with van der Waals surface area (Å²) < 4.78 is 0. The number of aromatic nitrogens is 1. The van der Waals surface area contributed by atoms with E-state index in [0.29, 0.717) is 26.3 Å². The van der Waals surface area contributed by atoms with Crippen molar-refractivity contribution in [2.24, 2.45) is 0 Å². The van der Waals surface area contributed by atoms with Gasteiger partial charge in [0.15, 0.2) is 0 Å². The third kappa shape index (κ3) is 3.20. The second-order valence-electron chi connectivity index (χ2n) is 6.67. The Morgan fingerprint density at radius 3 is 2.68 bits per heavy atom. The molecule has 4 rings (SSSR count). The Bertz CT molecular complexity index is 1140. The molecule has 0 amide bonds. The SMILES string of the molecule is Cc1ccc(-c2csc(C3=C(O)CN(c4cccc(Cl)c4Cl)C3=N)n2)cc1C. The molecular formula is C21H17Cl2N3OS. The summed E-state index contributed by atoms with van der Waals surface area (Å²) in [6.45, 7) is 4.30. The quantitative estimate of drug-likeness (QED) is 0.499. The molecule has 1 aromatic heterocycles. The van der Waals surface area contributed by atoms with E-state index in [2.05, 4.69) is 31.0 Å². The monoisotopic (exact) mass is 429 g/mol. The Balaban J connectivity index is 1.67. The number of nitrogens with one attached hydrogen (secondary N) is 1. The van der Waals surface area contributed by atoms with Crippen LogP contribution in [0, 0.1) is 19.3 Å². The predicted octanol–water partition coefficient (Wildman–Crippen LogP) is 6.50. The van der Waals surface area contributed by atoms with E-state index in [1.54, 1.807) is 23.1 Å². The summed E-state index contributed by atoms with van der Waals surface area (Å²) in [6.07, 6.45) is 0. The number of nitrogens with zero attached hydrogens (tertiary/aromatic N) is 2. The maximum atomic E-state index is 10.6. The minimum Gasteiger partial charge on any atom is -0.510 e. The van der Waals surface area contributed by atoms with E-state index in [9.17, 15) is 5.11 Å². The topological polar surface area (TPSA) is 60.2 Å². The summed E-state index contributed by atoms with van der Waals surface area (Å²) in [5.74, 6) is 0.254. The minimum atomic E-state index is 0.0991. The molecule has 7 heteroatoms. The van der Waals surface area contributed by atoms with Crippen molar-refractivity contribution >= 4 is 51.6 Å². The van der Waals surface area contributed by atoms with Gasteiger partial charge in [-0.15, -0.1) is 11.3 Å². The maximum Gasteiger partial charge on any atom is 0.139 e. The van der Waals surface area contributed by atoms with Crippen molar-refractivity contribution in [1.29, 1.82) is 5.41 Å². The van der Waals surface area contributed by atoms with Gasteiger partial charge < -0.3 is 10.0 Å². The number of thiazole rings is 1. The first kappa shape index (κ1) is 19.0. The maximum absolute atomic E-state index is 10.6. The van der Waals surface area contributed by atoms with Crippen molar-refractivity contribution in [1.82, 2.24) is 4.98 Å². The molecule has 0 unspecified atom stereocenters. The van der Waals surface area contributed by atoms with Crippen LogP contribution in [0.4, 0.5) is 5.69 Å². The number of aliphatic hydroxyl groups is 1. The van der Waals surface area contributed by atoms with Crippen LogP contribution in [0.5, 0.6) is 0 Å². The third-order valence-corrected chi connectivity index (χ3v) is 6.51. The highest BCUT2D eigenvalue weighted by molar-refractivity contribution is 7.11. The van der Waals surface area contributed by atoms with Crippen LogP contribution in [-0.4, -0.2) is 22.5 Å². The van der Waals surface area contributed by atoms with Crippen LogP contribution in [0.1, 0.15) is 16.1 Å². The van der Waals surface area contributed by atoms with Gasteiger partial charge in [-0.2, -0.15) is 0 Å². The first-order chi connectivity index (χ1) is 13.4. The molecule has 4 nitrogen and oxygen atoms in total. The Morgan fingerprint density at radius 1 is 1.14 bits per heavy atom. The van der Waals surface area contributed by atoms with E-state index in [-0.39, 0.29) is 18.1 Å². The van der Waals surface area contributed by atoms with E-state index < -0.39 is 0 Å². The van der Waals surface area contributed by atoms with Crippen molar-refractivity contribution in [3.8, 4) is 11.3 Å². The normalized spacial score (nSPS) is 14.3. The van der Waals surface area contributed by atoms with Gasteiger partial charge in [-0.25, -0.2) is 4.98 Å². The number of anilines is 1. The molecule has 0 fully saturated rings. The number of aryl methyl sites for hydroxylation is 2. The average molecular weight is 430 g/mol. The van der Waals surface area contributed by atoms with E-state index in [0.717, 1.165) is 11.3 Å². The highest BCUT2D eigenvalue weighted by Crippen LogP contribution is 2.39. The van der Waals surface area contributed by atoms with Gasteiger partial charge in [0.25, 0.3) is 0 Å². The van der Waals surface area contributed by atoms with Crippen LogP contribution in [0.15, 0.2) is 47.5 Å². The molecule has 2 aromatic carbocycles. The van der Waals surface area contributed by atoms with Crippen molar-refractivity contribution in [3.05, 3.63) is 73.7 Å². The third-order valence-electron chi connectivity index (χ3n) is 4.85. The van der Waals surface area contributed by atoms with Crippen LogP contribution < -0.4 is 4.90 Å². The van der Waals surface area contributed by atoms with Crippen molar-refractivity contribution in [2.45, 2.75) is 13.8 Å². The molecule has 0 aliphatic carbocycles. The number of aliphatic hydroxyl groups excluding tert-OH is 1. The first-order valence-corrected chi connectivity index (χ1v) is 10.3. The Morgan fingerprint density at radius 2 is 1.93 bits per heavy atom. The molecule has 2 heterocycles. The molecule has 0 radical (unpaired) electrons. The molecule has 142 valence electrons. The highest BCUT2D eigenvalue weighted by Gasteiger charge is 2.32. The number of benzene rings is 2. The summed E-state index contributed by atoms with van der Waals surface area (Å²) in [7, 11) is 0. The Labute approximate surface area is 177 Å². The summed E-state index contributed by atoms with van der Waals surface area (Å²) in [6, 6.07) is 11.4. The summed E-state index contributed by atoms with van der Waals surface area (Å²) >= 11 is 13.8. The molecular weight excluding hydrogens is 413 g/mol. The van der Waals surface area contributed by atoms with E-state index in [1.807, 2.05) is 11.4 Å². The van der Waals surface area contributed by atoms with Crippen LogP contribution >= 0.6 is 34.5 Å². The average Bonchev–Trinajstić information content (AvgIpc) is 3.24. The van der Waals surface area contributed by atoms with Crippen LogP contribution in [-0.2, 0) is 0 Å². The molecule has 0 saturated carbocycles. The van der Waals surface area contributed by atoms with E-state index >= 15 is 0 Å². The van der Waals surface area contributed by atoms with E-state index in [1.165, 1.54) is 22.5 Å². The van der Waals surface area contributed by atoms with Gasteiger partial charge in [-0.1, -0.05) is 41.4 Å². The van der Waals surface area contributed by atoms with Gasteiger partial charge in [0, 0.05) is 10.9 Å². The van der Waals surface area contributed by atoms with Gasteiger partial charge in [-0.3, -0.25) is 5.41 Å². The zero-order valence-electron chi connectivity index (χ0n) is 15.3. The molecule has 1 aliphatic rings. The largest absolute Gasteiger partial charge is 0.510 e. The molecule has 0 saturated heterocycles. The highest BCUT2D eigenvalue weighted by atomic mass is 35.5. The molecule has 0 spiro atoms. The lowest BCUT2D eigenvalue weighted by molar-refractivity contribution is 0.411. The van der Waals surface area contributed by atoms with Crippen LogP contribution in [0.25, 0.3) is 16.8 Å². The first-order valence-electron chi connectivity index (χ1n) is 8.63. The van der Waals surface area contributed by atoms with Crippen LogP contribution in [0.3, 0.4) is 0 Å². The number of hydrogen-bond acceptors (Lipinski definition) is 4. The smallest absolute Gasteiger partial charge is 0.139 e. The molecule has 1 aliphatic heterocycles. The molecule has 2 N–H and O–H groups in total. The molecule has 0 bridgehead atoms. The Kier molecular flexibility index (Phi) is 4.91. The summed E-state index contributed by atoms with van der Waals surface area (Å²) in [5.41, 5.74) is 5.29.